The maximum absolute atomic E-state index is 14.5. The molecule has 0 spiro atoms. The van der Waals surface area contributed by atoms with Crippen LogP contribution >= 0.6 is 0 Å². The van der Waals surface area contributed by atoms with Gasteiger partial charge in [-0.1, -0.05) is 24.3 Å². The van der Waals surface area contributed by atoms with Crippen LogP contribution in [0.1, 0.15) is 24.8 Å². The number of piperidine rings is 1. The summed E-state index contributed by atoms with van der Waals surface area (Å²) in [6, 6.07) is 13.5. The van der Waals surface area contributed by atoms with Crippen molar-refractivity contribution >= 4 is 11.6 Å². The fourth-order valence-corrected chi connectivity index (χ4v) is 6.91. The molecule has 10 heteroatoms. The minimum atomic E-state index is -0.158. The third-order valence-electron chi connectivity index (χ3n) is 9.23. The molecule has 5 rings (SSSR count). The highest BCUT2D eigenvalue weighted by molar-refractivity contribution is 5.75. The van der Waals surface area contributed by atoms with Crippen LogP contribution in [0.4, 0.5) is 10.1 Å². The second kappa shape index (κ2) is 15.7. The van der Waals surface area contributed by atoms with Crippen LogP contribution in [0.5, 0.6) is 11.5 Å². The number of rotatable bonds is 12. The third kappa shape index (κ3) is 8.38. The molecule has 2 aromatic rings. The Labute approximate surface area is 255 Å². The number of halogens is 1. The van der Waals surface area contributed by atoms with Gasteiger partial charge in [0.25, 0.3) is 0 Å². The van der Waals surface area contributed by atoms with Gasteiger partial charge in [-0.15, -0.1) is 0 Å². The molecule has 3 heterocycles. The Morgan fingerprint density at radius 1 is 0.953 bits per heavy atom. The van der Waals surface area contributed by atoms with Crippen LogP contribution in [0.2, 0.25) is 0 Å². The Balaban J connectivity index is 1.20. The molecule has 0 radical (unpaired) electrons. The fraction of sp³-hybridized carbons (Fsp3) is 0.606. The molecular weight excluding hydrogens is 549 g/mol. The molecule has 3 saturated heterocycles. The molecule has 3 fully saturated rings. The van der Waals surface area contributed by atoms with Gasteiger partial charge in [-0.3, -0.25) is 19.5 Å². The zero-order valence-electron chi connectivity index (χ0n) is 25.8. The number of nitrogens with one attached hydrogen (secondary N) is 1. The van der Waals surface area contributed by atoms with E-state index < -0.39 is 0 Å². The molecule has 9 nitrogen and oxygen atoms in total. The van der Waals surface area contributed by atoms with Crippen LogP contribution in [0.25, 0.3) is 0 Å². The lowest BCUT2D eigenvalue weighted by Gasteiger charge is -2.47. The van der Waals surface area contributed by atoms with Crippen molar-refractivity contribution in [2.45, 2.75) is 31.8 Å². The maximum Gasteiger partial charge on any atom is 0.220 e. The van der Waals surface area contributed by atoms with Gasteiger partial charge < -0.3 is 24.4 Å². The zero-order valence-corrected chi connectivity index (χ0v) is 25.8. The fourth-order valence-electron chi connectivity index (χ4n) is 6.91. The minimum absolute atomic E-state index is 0.128. The van der Waals surface area contributed by atoms with E-state index in [0.717, 1.165) is 109 Å². The predicted molar refractivity (Wildman–Crippen MR) is 166 cm³/mol. The van der Waals surface area contributed by atoms with Crippen molar-refractivity contribution in [1.29, 1.82) is 0 Å². The molecule has 0 aromatic heterocycles. The van der Waals surface area contributed by atoms with Crippen molar-refractivity contribution in [3.63, 3.8) is 0 Å². The van der Waals surface area contributed by atoms with Gasteiger partial charge in [0.15, 0.2) is 11.5 Å². The summed E-state index contributed by atoms with van der Waals surface area (Å²) in [5.74, 6) is 1.86. The van der Waals surface area contributed by atoms with Crippen molar-refractivity contribution in [2.75, 3.05) is 97.8 Å². The summed E-state index contributed by atoms with van der Waals surface area (Å²) in [6.07, 6.45) is 2.40. The van der Waals surface area contributed by atoms with E-state index in [9.17, 15) is 9.18 Å². The number of amides is 1. The number of carbonyl (C=O) groups excluding carboxylic acids is 1. The van der Waals surface area contributed by atoms with E-state index in [-0.39, 0.29) is 11.7 Å². The molecule has 236 valence electrons. The molecule has 0 saturated carbocycles. The number of hydrogen-bond acceptors (Lipinski definition) is 8. The molecule has 0 unspecified atom stereocenters. The number of anilines is 1. The first-order valence-corrected chi connectivity index (χ1v) is 15.8. The zero-order chi connectivity index (χ0) is 30.0. The van der Waals surface area contributed by atoms with E-state index in [1.807, 2.05) is 24.3 Å². The highest BCUT2D eigenvalue weighted by Gasteiger charge is 2.35. The first kappa shape index (κ1) is 31.5. The van der Waals surface area contributed by atoms with Crippen LogP contribution in [-0.2, 0) is 16.1 Å². The number of benzene rings is 2. The largest absolute Gasteiger partial charge is 0.493 e. The monoisotopic (exact) mass is 597 g/mol. The number of likely N-dealkylation sites (tertiary alicyclic amines) is 1. The third-order valence-corrected chi connectivity index (χ3v) is 9.23. The number of carbonyl (C=O) groups is 1. The minimum Gasteiger partial charge on any atom is -0.493 e. The van der Waals surface area contributed by atoms with Crippen LogP contribution in [0.15, 0.2) is 42.5 Å². The summed E-state index contributed by atoms with van der Waals surface area (Å²) in [4.78, 5) is 22.5. The van der Waals surface area contributed by atoms with Crippen molar-refractivity contribution in [3.05, 3.63) is 53.8 Å². The number of nitrogens with zero attached hydrogens (tertiary/aromatic N) is 4. The van der Waals surface area contributed by atoms with E-state index in [1.165, 1.54) is 6.07 Å². The Morgan fingerprint density at radius 2 is 1.74 bits per heavy atom. The van der Waals surface area contributed by atoms with E-state index in [0.29, 0.717) is 30.6 Å². The highest BCUT2D eigenvalue weighted by Crippen LogP contribution is 2.34. The summed E-state index contributed by atoms with van der Waals surface area (Å²) in [5, 5.41) is 3.15. The molecule has 3 aliphatic heterocycles. The second-order valence-corrected chi connectivity index (χ2v) is 11.8. The number of ether oxygens (including phenoxy) is 3. The van der Waals surface area contributed by atoms with Crippen LogP contribution in [0.3, 0.4) is 0 Å². The summed E-state index contributed by atoms with van der Waals surface area (Å²) in [7, 11) is 3.36. The number of para-hydroxylation sites is 2. The molecule has 43 heavy (non-hydrogen) atoms. The topological polar surface area (TPSA) is 69.8 Å². The summed E-state index contributed by atoms with van der Waals surface area (Å²) in [5.41, 5.74) is 1.80. The Morgan fingerprint density at radius 3 is 2.49 bits per heavy atom. The summed E-state index contributed by atoms with van der Waals surface area (Å²) >= 11 is 0. The molecule has 2 atom stereocenters. The van der Waals surface area contributed by atoms with E-state index in [4.69, 9.17) is 14.2 Å². The molecular formula is C33H48FN5O4. The normalized spacial score (nSPS) is 22.3. The van der Waals surface area contributed by atoms with E-state index in [2.05, 4.69) is 31.0 Å². The first-order valence-electron chi connectivity index (χ1n) is 15.8. The summed E-state index contributed by atoms with van der Waals surface area (Å²) in [6.45, 7) is 11.0. The van der Waals surface area contributed by atoms with Crippen molar-refractivity contribution < 1.29 is 23.4 Å². The van der Waals surface area contributed by atoms with Crippen molar-refractivity contribution in [2.24, 2.45) is 5.92 Å². The van der Waals surface area contributed by atoms with Gasteiger partial charge in [-0.25, -0.2) is 4.39 Å². The molecule has 3 aliphatic rings. The Hall–Kier alpha value is -2.92. The maximum atomic E-state index is 14.5. The number of morpholine rings is 1. The average Bonchev–Trinajstić information content (AvgIpc) is 3.04. The van der Waals surface area contributed by atoms with Gasteiger partial charge in [-0.2, -0.15) is 0 Å². The SMILES string of the molecule is COc1cccc(CN2CC[C@H](N3CCN(c4ccccc4F)CC3)[C@H](CCC(=O)NCCN3CCOCC3)C2)c1OC. The van der Waals surface area contributed by atoms with Crippen LogP contribution in [-0.4, -0.2) is 120 Å². The average molecular weight is 598 g/mol. The first-order chi connectivity index (χ1) is 21.1. The quantitative estimate of drug-likeness (QED) is 0.401. The molecule has 0 aliphatic carbocycles. The van der Waals surface area contributed by atoms with Gasteiger partial charge in [-0.05, 0) is 43.5 Å². The van der Waals surface area contributed by atoms with Gasteiger partial charge >= 0.3 is 0 Å². The summed E-state index contributed by atoms with van der Waals surface area (Å²) < 4.78 is 31.1. The van der Waals surface area contributed by atoms with Crippen molar-refractivity contribution in [1.82, 2.24) is 20.0 Å². The van der Waals surface area contributed by atoms with E-state index >= 15 is 0 Å². The highest BCUT2D eigenvalue weighted by atomic mass is 19.1. The smallest absolute Gasteiger partial charge is 0.220 e. The number of hydrogen-bond donors (Lipinski definition) is 1. The second-order valence-electron chi connectivity index (χ2n) is 11.8. The lowest BCUT2D eigenvalue weighted by atomic mass is 9.86. The van der Waals surface area contributed by atoms with Crippen molar-refractivity contribution in [3.8, 4) is 11.5 Å². The van der Waals surface area contributed by atoms with Crippen LogP contribution < -0.4 is 19.7 Å². The van der Waals surface area contributed by atoms with Gasteiger partial charge in [0.05, 0.1) is 33.1 Å². The predicted octanol–water partition coefficient (Wildman–Crippen LogP) is 3.08. The van der Waals surface area contributed by atoms with Crippen LogP contribution in [0, 0.1) is 11.7 Å². The van der Waals surface area contributed by atoms with Gasteiger partial charge in [0, 0.05) is 83.5 Å². The lowest BCUT2D eigenvalue weighted by Crippen LogP contribution is -2.57. The molecule has 0 bridgehead atoms. The molecule has 1 N–H and O–H groups in total. The van der Waals surface area contributed by atoms with E-state index in [1.54, 1.807) is 20.3 Å². The van der Waals surface area contributed by atoms with Gasteiger partial charge in [0.1, 0.15) is 5.82 Å². The Kier molecular flexibility index (Phi) is 11.5. The molecule has 2 aromatic carbocycles. The standard InChI is InChI=1S/C33H48FN5O4/c1-41-31-9-5-6-27(33(31)42-2)25-37-14-12-29(38-16-18-39(19-17-38)30-8-4-3-7-28(30)34)26(24-37)10-11-32(40)35-13-15-36-20-22-43-23-21-36/h3-9,26,29H,10-25H2,1-2H3,(H,35,40)/t26-,29+/m1/s1. The van der Waals surface area contributed by atoms with Gasteiger partial charge in [0.2, 0.25) is 5.91 Å². The Bertz CT molecular complexity index is 1170. The number of methoxy groups -OCH3 is 2. The number of piperazine rings is 1. The lowest BCUT2D eigenvalue weighted by molar-refractivity contribution is -0.121. The molecule has 1 amide bonds.